The van der Waals surface area contributed by atoms with Gasteiger partial charge in [0.15, 0.2) is 0 Å². The van der Waals surface area contributed by atoms with Crippen molar-refractivity contribution in [1.82, 2.24) is 0 Å². The van der Waals surface area contributed by atoms with Crippen molar-refractivity contribution in [2.75, 3.05) is 0 Å². The Morgan fingerprint density at radius 2 is 1.59 bits per heavy atom. The normalized spacial score (nSPS) is 10.6. The van der Waals surface area contributed by atoms with Crippen LogP contribution >= 0.6 is 0 Å². The van der Waals surface area contributed by atoms with Crippen molar-refractivity contribution in [2.45, 2.75) is 13.5 Å². The summed E-state index contributed by atoms with van der Waals surface area (Å²) in [6.45, 7) is 2.11. The first-order chi connectivity index (χ1) is 8.11. The molecular formula is C14H13F2N. The van der Waals surface area contributed by atoms with Crippen LogP contribution in [0.2, 0.25) is 0 Å². The molecule has 0 aromatic heterocycles. The first-order valence-electron chi connectivity index (χ1n) is 5.37. The second-order valence-corrected chi connectivity index (χ2v) is 3.96. The highest BCUT2D eigenvalue weighted by Crippen LogP contribution is 2.28. The summed E-state index contributed by atoms with van der Waals surface area (Å²) in [7, 11) is 0. The summed E-state index contributed by atoms with van der Waals surface area (Å²) >= 11 is 0. The number of rotatable bonds is 2. The van der Waals surface area contributed by atoms with E-state index >= 15 is 0 Å². The molecule has 2 N–H and O–H groups in total. The van der Waals surface area contributed by atoms with Crippen molar-refractivity contribution >= 4 is 0 Å². The Hall–Kier alpha value is -1.74. The Morgan fingerprint density at radius 1 is 0.941 bits per heavy atom. The number of hydrogen-bond acceptors (Lipinski definition) is 1. The molecular weight excluding hydrogens is 220 g/mol. The third-order valence-electron chi connectivity index (χ3n) is 2.78. The molecule has 0 heterocycles. The van der Waals surface area contributed by atoms with Gasteiger partial charge < -0.3 is 5.73 Å². The fourth-order valence-corrected chi connectivity index (χ4v) is 1.88. The monoisotopic (exact) mass is 233 g/mol. The minimum Gasteiger partial charge on any atom is -0.326 e. The Kier molecular flexibility index (Phi) is 3.20. The molecule has 0 fully saturated rings. The van der Waals surface area contributed by atoms with E-state index in [0.717, 1.165) is 16.7 Å². The highest BCUT2D eigenvalue weighted by Gasteiger charge is 2.08. The van der Waals surface area contributed by atoms with E-state index in [-0.39, 0.29) is 18.2 Å². The Balaban J connectivity index is 2.63. The van der Waals surface area contributed by atoms with Crippen molar-refractivity contribution < 1.29 is 8.78 Å². The third-order valence-corrected chi connectivity index (χ3v) is 2.78. The summed E-state index contributed by atoms with van der Waals surface area (Å²) in [6, 6.07) is 8.94. The second-order valence-electron chi connectivity index (χ2n) is 3.96. The number of hydrogen-bond donors (Lipinski definition) is 1. The molecule has 0 saturated heterocycles. The zero-order valence-electron chi connectivity index (χ0n) is 9.50. The van der Waals surface area contributed by atoms with Gasteiger partial charge in [-0.3, -0.25) is 0 Å². The lowest BCUT2D eigenvalue weighted by Gasteiger charge is -2.11. The smallest absolute Gasteiger partial charge is 0.123 e. The quantitative estimate of drug-likeness (QED) is 0.845. The van der Waals surface area contributed by atoms with Crippen LogP contribution in [0.1, 0.15) is 11.1 Å². The largest absolute Gasteiger partial charge is 0.326 e. The summed E-state index contributed by atoms with van der Waals surface area (Å²) < 4.78 is 26.3. The number of benzene rings is 2. The van der Waals surface area contributed by atoms with E-state index in [2.05, 4.69) is 0 Å². The SMILES string of the molecule is Cc1ccc(F)cc1-c1ccc(F)cc1CN. The van der Waals surface area contributed by atoms with Crippen LogP contribution in [0.4, 0.5) is 8.78 Å². The van der Waals surface area contributed by atoms with Gasteiger partial charge in [-0.15, -0.1) is 0 Å². The van der Waals surface area contributed by atoms with Crippen LogP contribution < -0.4 is 5.73 Å². The second kappa shape index (κ2) is 4.63. The average Bonchev–Trinajstić information content (AvgIpc) is 2.32. The molecule has 0 aliphatic rings. The van der Waals surface area contributed by atoms with E-state index < -0.39 is 0 Å². The number of nitrogens with two attached hydrogens (primary N) is 1. The minimum absolute atomic E-state index is 0.225. The molecule has 0 spiro atoms. The molecule has 2 aromatic rings. The van der Waals surface area contributed by atoms with Crippen LogP contribution in [0.15, 0.2) is 36.4 Å². The van der Waals surface area contributed by atoms with Crippen LogP contribution in [-0.4, -0.2) is 0 Å². The van der Waals surface area contributed by atoms with E-state index in [1.165, 1.54) is 24.3 Å². The van der Waals surface area contributed by atoms with Crippen molar-refractivity contribution in [3.63, 3.8) is 0 Å². The van der Waals surface area contributed by atoms with Gasteiger partial charge in [0.1, 0.15) is 11.6 Å². The Labute approximate surface area is 98.9 Å². The van der Waals surface area contributed by atoms with Crippen LogP contribution in [0.5, 0.6) is 0 Å². The van der Waals surface area contributed by atoms with E-state index in [9.17, 15) is 8.78 Å². The van der Waals surface area contributed by atoms with Gasteiger partial charge in [0.2, 0.25) is 0 Å². The van der Waals surface area contributed by atoms with E-state index in [4.69, 9.17) is 5.73 Å². The molecule has 0 aliphatic carbocycles. The maximum Gasteiger partial charge on any atom is 0.123 e. The van der Waals surface area contributed by atoms with E-state index in [1.807, 2.05) is 6.92 Å². The van der Waals surface area contributed by atoms with Gasteiger partial charge in [-0.2, -0.15) is 0 Å². The van der Waals surface area contributed by atoms with Gasteiger partial charge in [-0.25, -0.2) is 8.78 Å². The van der Waals surface area contributed by atoms with Crippen LogP contribution in [0.3, 0.4) is 0 Å². The maximum absolute atomic E-state index is 13.2. The fourth-order valence-electron chi connectivity index (χ4n) is 1.88. The molecule has 0 unspecified atom stereocenters. The molecule has 17 heavy (non-hydrogen) atoms. The highest BCUT2D eigenvalue weighted by atomic mass is 19.1. The summed E-state index contributed by atoms with van der Waals surface area (Å²) in [5.41, 5.74) is 8.74. The van der Waals surface area contributed by atoms with Crippen molar-refractivity contribution in [1.29, 1.82) is 0 Å². The molecule has 0 radical (unpaired) electrons. The zero-order chi connectivity index (χ0) is 12.4. The van der Waals surface area contributed by atoms with Gasteiger partial charge in [-0.05, 0) is 53.4 Å². The Bertz CT molecular complexity index is 550. The van der Waals surface area contributed by atoms with Crippen molar-refractivity contribution in [3.05, 3.63) is 59.2 Å². The highest BCUT2D eigenvalue weighted by molar-refractivity contribution is 5.70. The third kappa shape index (κ3) is 2.34. The zero-order valence-corrected chi connectivity index (χ0v) is 9.50. The molecule has 2 rings (SSSR count). The standard InChI is InChI=1S/C14H13F2N/c1-9-2-3-12(16)7-14(9)13-5-4-11(15)6-10(13)8-17/h2-7H,8,17H2,1H3. The van der Waals surface area contributed by atoms with Crippen LogP contribution in [-0.2, 0) is 6.54 Å². The van der Waals surface area contributed by atoms with Crippen molar-refractivity contribution in [2.24, 2.45) is 5.73 Å². The van der Waals surface area contributed by atoms with Crippen LogP contribution in [0.25, 0.3) is 11.1 Å². The van der Waals surface area contributed by atoms with Crippen molar-refractivity contribution in [3.8, 4) is 11.1 Å². The maximum atomic E-state index is 13.2. The first kappa shape index (κ1) is 11.7. The minimum atomic E-state index is -0.330. The molecule has 0 amide bonds. The lowest BCUT2D eigenvalue weighted by atomic mass is 9.96. The molecule has 2 aromatic carbocycles. The van der Waals surface area contributed by atoms with E-state index in [1.54, 1.807) is 12.1 Å². The molecule has 0 bridgehead atoms. The predicted octanol–water partition coefficient (Wildman–Crippen LogP) is 3.40. The summed E-state index contributed by atoms with van der Waals surface area (Å²) in [5.74, 6) is -0.638. The first-order valence-corrected chi connectivity index (χ1v) is 5.37. The summed E-state index contributed by atoms with van der Waals surface area (Å²) in [4.78, 5) is 0. The Morgan fingerprint density at radius 3 is 2.29 bits per heavy atom. The average molecular weight is 233 g/mol. The molecule has 0 saturated carbocycles. The summed E-state index contributed by atoms with van der Waals surface area (Å²) in [6.07, 6.45) is 0. The lowest BCUT2D eigenvalue weighted by Crippen LogP contribution is -2.00. The van der Waals surface area contributed by atoms with Gasteiger partial charge in [0.05, 0.1) is 0 Å². The van der Waals surface area contributed by atoms with Gasteiger partial charge in [-0.1, -0.05) is 12.1 Å². The molecule has 0 atom stereocenters. The summed E-state index contributed by atoms with van der Waals surface area (Å²) in [5, 5.41) is 0. The predicted molar refractivity (Wildman–Crippen MR) is 64.4 cm³/mol. The number of aryl methyl sites for hydroxylation is 1. The van der Waals surface area contributed by atoms with E-state index in [0.29, 0.717) is 5.56 Å². The number of halogens is 2. The molecule has 3 heteroatoms. The van der Waals surface area contributed by atoms with Crippen LogP contribution in [0, 0.1) is 18.6 Å². The topological polar surface area (TPSA) is 26.0 Å². The molecule has 88 valence electrons. The van der Waals surface area contributed by atoms with Gasteiger partial charge >= 0.3 is 0 Å². The molecule has 0 aliphatic heterocycles. The fraction of sp³-hybridized carbons (Fsp3) is 0.143. The molecule has 1 nitrogen and oxygen atoms in total. The van der Waals surface area contributed by atoms with Gasteiger partial charge in [0, 0.05) is 6.54 Å². The van der Waals surface area contributed by atoms with Gasteiger partial charge in [0.25, 0.3) is 0 Å². The lowest BCUT2D eigenvalue weighted by molar-refractivity contribution is 0.625.